The van der Waals surface area contributed by atoms with Gasteiger partial charge >= 0.3 is 5.97 Å². The number of methoxy groups -OCH3 is 1. The van der Waals surface area contributed by atoms with Crippen molar-refractivity contribution in [3.05, 3.63) is 120 Å². The number of anilines is 2. The molecule has 3 heterocycles. The second kappa shape index (κ2) is 10.7. The van der Waals surface area contributed by atoms with E-state index in [1.807, 2.05) is 71.3 Å². The third kappa shape index (κ3) is 4.99. The molecular weight excluding hydrogens is 516 g/mol. The summed E-state index contributed by atoms with van der Waals surface area (Å²) in [5.74, 6) is 0.192. The van der Waals surface area contributed by atoms with Crippen molar-refractivity contribution < 1.29 is 14.3 Å². The second-order valence-corrected chi connectivity index (χ2v) is 9.18. The molecule has 0 bridgehead atoms. The first-order chi connectivity index (χ1) is 20.0. The lowest BCUT2D eigenvalue weighted by Crippen LogP contribution is -2.12. The van der Waals surface area contributed by atoms with Gasteiger partial charge in [0.2, 0.25) is 0 Å². The number of esters is 1. The van der Waals surface area contributed by atoms with E-state index in [1.54, 1.807) is 42.6 Å². The lowest BCUT2D eigenvalue weighted by Gasteiger charge is -2.12. The Hall–Kier alpha value is -5.83. The van der Waals surface area contributed by atoms with E-state index in [2.05, 4.69) is 10.3 Å². The number of carbonyl (C=O) groups excluding carboxylic acids is 2. The quantitative estimate of drug-likeness (QED) is 0.257. The van der Waals surface area contributed by atoms with E-state index < -0.39 is 5.97 Å². The van der Waals surface area contributed by atoms with Gasteiger partial charge in [-0.1, -0.05) is 30.3 Å². The summed E-state index contributed by atoms with van der Waals surface area (Å²) >= 11 is 0. The minimum atomic E-state index is -0.461. The van der Waals surface area contributed by atoms with E-state index in [-0.39, 0.29) is 5.91 Å². The van der Waals surface area contributed by atoms with E-state index >= 15 is 0 Å². The van der Waals surface area contributed by atoms with Gasteiger partial charge in [0.15, 0.2) is 11.5 Å². The summed E-state index contributed by atoms with van der Waals surface area (Å²) in [4.78, 5) is 38.6. The second-order valence-electron chi connectivity index (χ2n) is 9.18. The molecule has 0 unspecified atom stereocenters. The Morgan fingerprint density at radius 1 is 0.805 bits per heavy atom. The Labute approximate surface area is 235 Å². The minimum absolute atomic E-state index is 0.305. The van der Waals surface area contributed by atoms with E-state index in [0.29, 0.717) is 45.2 Å². The largest absolute Gasteiger partial charge is 0.465 e. The van der Waals surface area contributed by atoms with Crippen molar-refractivity contribution in [2.45, 2.75) is 0 Å². The lowest BCUT2D eigenvalue weighted by molar-refractivity contribution is 0.0600. The number of nitrogen functional groups attached to an aromatic ring is 1. The van der Waals surface area contributed by atoms with Crippen LogP contribution in [0.3, 0.4) is 0 Å². The van der Waals surface area contributed by atoms with Crippen LogP contribution in [-0.2, 0) is 4.74 Å². The zero-order valence-corrected chi connectivity index (χ0v) is 22.0. The fourth-order valence-electron chi connectivity index (χ4n) is 4.53. The molecule has 6 aromatic rings. The van der Waals surface area contributed by atoms with Gasteiger partial charge in [0.05, 0.1) is 23.9 Å². The van der Waals surface area contributed by atoms with Gasteiger partial charge in [0, 0.05) is 28.7 Å². The maximum Gasteiger partial charge on any atom is 0.337 e. The van der Waals surface area contributed by atoms with Crippen molar-refractivity contribution in [1.29, 1.82) is 0 Å². The number of nitrogens with one attached hydrogen (secondary N) is 1. The van der Waals surface area contributed by atoms with Gasteiger partial charge in [-0.3, -0.25) is 9.36 Å². The zero-order chi connectivity index (χ0) is 28.3. The van der Waals surface area contributed by atoms with Crippen molar-refractivity contribution in [2.75, 3.05) is 18.2 Å². The van der Waals surface area contributed by atoms with Crippen molar-refractivity contribution in [3.63, 3.8) is 0 Å². The maximum absolute atomic E-state index is 12.8. The Morgan fingerprint density at radius 2 is 1.54 bits per heavy atom. The number of rotatable bonds is 6. The number of fused-ring (bicyclic) bond motifs is 1. The standard InChI is InChI=1S/C32H24N6O3/c1-41-32(40)22-11-9-21(10-12-22)31(39)35-23-13-15-24(16-14-23)38-29(25-8-5-19-34-28(25)33)37-27-18-17-26(36-30(27)38)20-6-3-2-4-7-20/h2-19H,1H3,(H2,33,34)(H,35,39). The number of aromatic nitrogens is 4. The van der Waals surface area contributed by atoms with Crippen LogP contribution in [0.1, 0.15) is 20.7 Å². The molecule has 0 spiro atoms. The third-order valence-corrected chi connectivity index (χ3v) is 6.61. The van der Waals surface area contributed by atoms with Gasteiger partial charge in [-0.25, -0.2) is 19.7 Å². The van der Waals surface area contributed by atoms with Crippen LogP contribution in [-0.4, -0.2) is 38.5 Å². The highest BCUT2D eigenvalue weighted by Gasteiger charge is 2.19. The third-order valence-electron chi connectivity index (χ3n) is 6.61. The van der Waals surface area contributed by atoms with Crippen LogP contribution in [0, 0.1) is 0 Å². The molecule has 0 radical (unpaired) electrons. The van der Waals surface area contributed by atoms with Crippen LogP contribution >= 0.6 is 0 Å². The van der Waals surface area contributed by atoms with Crippen LogP contribution in [0.5, 0.6) is 0 Å². The molecule has 0 fully saturated rings. The number of imidazole rings is 1. The van der Waals surface area contributed by atoms with Crippen LogP contribution < -0.4 is 11.1 Å². The van der Waals surface area contributed by atoms with E-state index in [4.69, 9.17) is 20.4 Å². The number of benzene rings is 3. The van der Waals surface area contributed by atoms with Crippen LogP contribution in [0.2, 0.25) is 0 Å². The highest BCUT2D eigenvalue weighted by atomic mass is 16.5. The molecule has 200 valence electrons. The highest BCUT2D eigenvalue weighted by Crippen LogP contribution is 2.32. The van der Waals surface area contributed by atoms with Gasteiger partial charge in [-0.15, -0.1) is 0 Å². The average molecular weight is 541 g/mol. The zero-order valence-electron chi connectivity index (χ0n) is 22.0. The van der Waals surface area contributed by atoms with E-state index in [1.165, 1.54) is 7.11 Å². The molecule has 1 amide bonds. The van der Waals surface area contributed by atoms with Gasteiger partial charge in [-0.05, 0) is 72.8 Å². The van der Waals surface area contributed by atoms with Crippen molar-refractivity contribution in [2.24, 2.45) is 0 Å². The maximum atomic E-state index is 12.8. The SMILES string of the molecule is COC(=O)c1ccc(C(=O)Nc2ccc(-n3c(-c4cccnc4N)nc4ccc(-c5ccccc5)nc43)cc2)cc1. The molecule has 0 atom stereocenters. The first kappa shape index (κ1) is 25.4. The topological polar surface area (TPSA) is 125 Å². The van der Waals surface area contributed by atoms with Gasteiger partial charge in [0.1, 0.15) is 11.3 Å². The number of nitrogens with two attached hydrogens (primary N) is 1. The Bertz CT molecular complexity index is 1880. The molecule has 41 heavy (non-hydrogen) atoms. The summed E-state index contributed by atoms with van der Waals surface area (Å²) in [6, 6.07) is 31.1. The smallest absolute Gasteiger partial charge is 0.337 e. The molecule has 0 saturated carbocycles. The number of hydrogen-bond donors (Lipinski definition) is 2. The molecule has 0 saturated heterocycles. The minimum Gasteiger partial charge on any atom is -0.465 e. The number of ether oxygens (including phenoxy) is 1. The molecule has 3 aromatic carbocycles. The monoisotopic (exact) mass is 540 g/mol. The van der Waals surface area contributed by atoms with Crippen LogP contribution in [0.4, 0.5) is 11.5 Å². The first-order valence-electron chi connectivity index (χ1n) is 12.8. The Morgan fingerprint density at radius 3 is 2.24 bits per heavy atom. The number of nitrogens with zero attached hydrogens (tertiary/aromatic N) is 4. The molecular formula is C32H24N6O3. The number of carbonyl (C=O) groups is 2. The fraction of sp³-hybridized carbons (Fsp3) is 0.0312. The van der Waals surface area contributed by atoms with Crippen molar-refractivity contribution in [3.8, 4) is 28.3 Å². The summed E-state index contributed by atoms with van der Waals surface area (Å²) in [6.45, 7) is 0. The Kier molecular flexibility index (Phi) is 6.67. The predicted molar refractivity (Wildman–Crippen MR) is 158 cm³/mol. The van der Waals surface area contributed by atoms with Crippen molar-refractivity contribution >= 4 is 34.5 Å². The van der Waals surface area contributed by atoms with Gasteiger partial charge < -0.3 is 15.8 Å². The summed E-state index contributed by atoms with van der Waals surface area (Å²) in [5, 5.41) is 2.89. The lowest BCUT2D eigenvalue weighted by atomic mass is 10.1. The number of amides is 1. The summed E-state index contributed by atoms with van der Waals surface area (Å²) in [7, 11) is 1.31. The van der Waals surface area contributed by atoms with E-state index in [9.17, 15) is 9.59 Å². The molecule has 9 heteroatoms. The fourth-order valence-corrected chi connectivity index (χ4v) is 4.53. The van der Waals surface area contributed by atoms with Crippen LogP contribution in [0.15, 0.2) is 109 Å². The average Bonchev–Trinajstić information content (AvgIpc) is 3.40. The highest BCUT2D eigenvalue weighted by molar-refractivity contribution is 6.05. The summed E-state index contributed by atoms with van der Waals surface area (Å²) in [5.41, 5.74) is 12.3. The first-order valence-corrected chi connectivity index (χ1v) is 12.8. The van der Waals surface area contributed by atoms with Gasteiger partial charge in [0.25, 0.3) is 5.91 Å². The molecule has 0 aliphatic heterocycles. The van der Waals surface area contributed by atoms with Gasteiger partial charge in [-0.2, -0.15) is 0 Å². The van der Waals surface area contributed by atoms with Crippen LogP contribution in [0.25, 0.3) is 39.5 Å². The molecule has 3 aromatic heterocycles. The summed E-state index contributed by atoms with van der Waals surface area (Å²) < 4.78 is 6.65. The summed E-state index contributed by atoms with van der Waals surface area (Å²) in [6.07, 6.45) is 1.64. The molecule has 0 aliphatic carbocycles. The number of hydrogen-bond acceptors (Lipinski definition) is 7. The Balaban J connectivity index is 1.37. The normalized spacial score (nSPS) is 10.9. The predicted octanol–water partition coefficient (Wildman–Crippen LogP) is 5.77. The molecule has 0 aliphatic rings. The van der Waals surface area contributed by atoms with E-state index in [0.717, 1.165) is 16.9 Å². The van der Waals surface area contributed by atoms with Crippen molar-refractivity contribution in [1.82, 2.24) is 19.5 Å². The molecule has 6 rings (SSSR count). The number of pyridine rings is 2. The molecule has 3 N–H and O–H groups in total. The molecule has 9 nitrogen and oxygen atoms in total.